The number of benzene rings is 1. The second-order valence-corrected chi connectivity index (χ2v) is 8.77. The number of nitrogens with zero attached hydrogens (tertiary/aromatic N) is 3. The molecule has 0 saturated carbocycles. The van der Waals surface area contributed by atoms with Crippen LogP contribution in [0.4, 0.5) is 0 Å². The topological polar surface area (TPSA) is 78.4 Å². The van der Waals surface area contributed by atoms with E-state index in [-0.39, 0.29) is 18.6 Å². The van der Waals surface area contributed by atoms with Gasteiger partial charge in [-0.3, -0.25) is 9.69 Å². The summed E-state index contributed by atoms with van der Waals surface area (Å²) < 4.78 is 11.2. The smallest absolute Gasteiger partial charge is 0.243 e. The molecular formula is C24H39N5O3. The Bertz CT molecular complexity index is 699. The molecule has 2 aliphatic heterocycles. The number of likely N-dealkylation sites (tertiary alicyclic amines) is 1. The highest BCUT2D eigenvalue weighted by atomic mass is 16.5. The van der Waals surface area contributed by atoms with Crippen molar-refractivity contribution in [2.75, 3.05) is 60.1 Å². The molecule has 0 aliphatic carbocycles. The van der Waals surface area contributed by atoms with Crippen molar-refractivity contribution in [1.82, 2.24) is 20.4 Å². The van der Waals surface area contributed by atoms with Gasteiger partial charge in [-0.2, -0.15) is 0 Å². The average Bonchev–Trinajstić information content (AvgIpc) is 3.32. The molecule has 2 heterocycles. The molecule has 8 heteroatoms. The summed E-state index contributed by atoms with van der Waals surface area (Å²) in [6, 6.07) is 11.0. The fourth-order valence-corrected chi connectivity index (χ4v) is 3.88. The quantitative estimate of drug-likeness (QED) is 0.323. The minimum Gasteiger partial charge on any atom is -0.379 e. The maximum Gasteiger partial charge on any atom is 0.243 e. The van der Waals surface area contributed by atoms with E-state index in [2.05, 4.69) is 50.9 Å². The van der Waals surface area contributed by atoms with Crippen LogP contribution >= 0.6 is 0 Å². The second kappa shape index (κ2) is 13.4. The molecule has 2 saturated heterocycles. The number of likely N-dealkylation sites (N-methyl/N-ethyl adjacent to an activating group) is 1. The van der Waals surface area contributed by atoms with Crippen molar-refractivity contribution in [3.8, 4) is 0 Å². The summed E-state index contributed by atoms with van der Waals surface area (Å²) in [6.07, 6.45) is 4.21. The normalized spacial score (nSPS) is 20.3. The number of amides is 1. The Morgan fingerprint density at radius 2 is 2.00 bits per heavy atom. The van der Waals surface area contributed by atoms with Gasteiger partial charge < -0.3 is 25.0 Å². The predicted octanol–water partition coefficient (Wildman–Crippen LogP) is 1.47. The summed E-state index contributed by atoms with van der Waals surface area (Å²) in [5.41, 5.74) is 1.36. The van der Waals surface area contributed by atoms with Crippen LogP contribution < -0.4 is 10.6 Å². The number of ether oxygens (including phenoxy) is 2. The highest BCUT2D eigenvalue weighted by Gasteiger charge is 2.20. The first-order chi connectivity index (χ1) is 15.6. The summed E-state index contributed by atoms with van der Waals surface area (Å²) in [5, 5.41) is 6.93. The molecule has 0 aromatic heterocycles. The second-order valence-electron chi connectivity index (χ2n) is 8.77. The van der Waals surface area contributed by atoms with Gasteiger partial charge in [0.25, 0.3) is 0 Å². The van der Waals surface area contributed by atoms with E-state index in [1.54, 1.807) is 19.0 Å². The molecule has 32 heavy (non-hydrogen) atoms. The lowest BCUT2D eigenvalue weighted by atomic mass is 10.0. The van der Waals surface area contributed by atoms with Crippen molar-refractivity contribution < 1.29 is 14.3 Å². The Balaban J connectivity index is 1.41. The standard InChI is InChI=1S/C24H39N5O3/c1-28(2)23(30)17-26-24(25-12-6-15-32-22-11-16-31-19-22)27-21-9-13-29(14-10-21)18-20-7-4-3-5-8-20/h3-5,7-8,21-22H,6,9-19H2,1-2H3,(H2,25,26,27). The van der Waals surface area contributed by atoms with E-state index < -0.39 is 0 Å². The van der Waals surface area contributed by atoms with Crippen LogP contribution in [0.25, 0.3) is 0 Å². The van der Waals surface area contributed by atoms with Crippen LogP contribution in [0.15, 0.2) is 35.3 Å². The van der Waals surface area contributed by atoms with E-state index in [4.69, 9.17) is 9.47 Å². The van der Waals surface area contributed by atoms with Crippen LogP contribution in [-0.4, -0.2) is 93.9 Å². The van der Waals surface area contributed by atoms with Gasteiger partial charge in [-0.25, -0.2) is 4.99 Å². The van der Waals surface area contributed by atoms with E-state index in [0.29, 0.717) is 25.2 Å². The number of rotatable bonds is 10. The Kier molecular flexibility index (Phi) is 10.3. The molecule has 1 aromatic rings. The number of piperidine rings is 1. The van der Waals surface area contributed by atoms with E-state index in [1.165, 1.54) is 5.56 Å². The lowest BCUT2D eigenvalue weighted by Gasteiger charge is -2.33. The molecule has 1 aromatic carbocycles. The van der Waals surface area contributed by atoms with Crippen molar-refractivity contribution in [3.05, 3.63) is 35.9 Å². The summed E-state index contributed by atoms with van der Waals surface area (Å²) in [4.78, 5) is 20.6. The van der Waals surface area contributed by atoms with Crippen molar-refractivity contribution in [1.29, 1.82) is 0 Å². The van der Waals surface area contributed by atoms with Crippen molar-refractivity contribution in [2.45, 2.75) is 44.4 Å². The number of guanidine groups is 1. The SMILES string of the molecule is CN(C)C(=O)CN=C(NCCCOC1CCOC1)NC1CCN(Cc2ccccc2)CC1. The van der Waals surface area contributed by atoms with Crippen LogP contribution in [0.2, 0.25) is 0 Å². The Hall–Kier alpha value is -2.16. The third kappa shape index (κ3) is 8.76. The lowest BCUT2D eigenvalue weighted by molar-refractivity contribution is -0.127. The zero-order chi connectivity index (χ0) is 22.6. The largest absolute Gasteiger partial charge is 0.379 e. The molecule has 1 unspecified atom stereocenters. The molecule has 1 amide bonds. The molecule has 2 N–H and O–H groups in total. The first-order valence-corrected chi connectivity index (χ1v) is 11.8. The summed E-state index contributed by atoms with van der Waals surface area (Å²) in [7, 11) is 3.51. The van der Waals surface area contributed by atoms with Crippen molar-refractivity contribution in [2.24, 2.45) is 4.99 Å². The van der Waals surface area contributed by atoms with Crippen LogP contribution in [-0.2, 0) is 20.8 Å². The third-order valence-electron chi connectivity index (χ3n) is 5.90. The fourth-order valence-electron chi connectivity index (χ4n) is 3.88. The van der Waals surface area contributed by atoms with Crippen molar-refractivity contribution in [3.63, 3.8) is 0 Å². The Morgan fingerprint density at radius 1 is 1.22 bits per heavy atom. The van der Waals surface area contributed by atoms with Gasteiger partial charge in [0.2, 0.25) is 5.91 Å². The molecule has 0 bridgehead atoms. The molecule has 8 nitrogen and oxygen atoms in total. The van der Waals surface area contributed by atoms with Gasteiger partial charge in [0.15, 0.2) is 5.96 Å². The minimum atomic E-state index is -0.00616. The number of nitrogens with one attached hydrogen (secondary N) is 2. The van der Waals surface area contributed by atoms with E-state index in [9.17, 15) is 4.79 Å². The minimum absolute atomic E-state index is 0.00616. The Morgan fingerprint density at radius 3 is 2.69 bits per heavy atom. The number of carbonyl (C=O) groups excluding carboxylic acids is 1. The third-order valence-corrected chi connectivity index (χ3v) is 5.90. The number of aliphatic imine (C=N–C) groups is 1. The maximum atomic E-state index is 12.0. The monoisotopic (exact) mass is 445 g/mol. The zero-order valence-corrected chi connectivity index (χ0v) is 19.6. The lowest BCUT2D eigenvalue weighted by Crippen LogP contribution is -2.49. The van der Waals surface area contributed by atoms with Gasteiger partial charge in [0, 0.05) is 59.5 Å². The van der Waals surface area contributed by atoms with E-state index >= 15 is 0 Å². The molecule has 2 aliphatic rings. The van der Waals surface area contributed by atoms with Gasteiger partial charge >= 0.3 is 0 Å². The molecule has 3 rings (SSSR count). The summed E-state index contributed by atoms with van der Waals surface area (Å²) in [5.74, 6) is 0.708. The van der Waals surface area contributed by atoms with Gasteiger partial charge in [0.1, 0.15) is 6.54 Å². The van der Waals surface area contributed by atoms with Crippen LogP contribution in [0.1, 0.15) is 31.2 Å². The number of hydrogen-bond donors (Lipinski definition) is 2. The highest BCUT2D eigenvalue weighted by Crippen LogP contribution is 2.14. The molecule has 1 atom stereocenters. The molecule has 0 spiro atoms. The van der Waals surface area contributed by atoms with E-state index in [1.807, 2.05) is 0 Å². The van der Waals surface area contributed by atoms with Crippen LogP contribution in [0, 0.1) is 0 Å². The molecular weight excluding hydrogens is 406 g/mol. The van der Waals surface area contributed by atoms with Gasteiger partial charge in [-0.05, 0) is 31.2 Å². The summed E-state index contributed by atoms with van der Waals surface area (Å²) in [6.45, 7) is 6.19. The van der Waals surface area contributed by atoms with E-state index in [0.717, 1.165) is 58.5 Å². The first kappa shape index (κ1) is 24.5. The van der Waals surface area contributed by atoms with Gasteiger partial charge in [-0.1, -0.05) is 30.3 Å². The van der Waals surface area contributed by atoms with Gasteiger partial charge in [-0.15, -0.1) is 0 Å². The highest BCUT2D eigenvalue weighted by molar-refractivity contribution is 5.84. The molecule has 0 radical (unpaired) electrons. The first-order valence-electron chi connectivity index (χ1n) is 11.8. The zero-order valence-electron chi connectivity index (χ0n) is 19.6. The molecule has 2 fully saturated rings. The number of carbonyl (C=O) groups is 1. The molecule has 178 valence electrons. The average molecular weight is 446 g/mol. The van der Waals surface area contributed by atoms with Crippen LogP contribution in [0.5, 0.6) is 0 Å². The van der Waals surface area contributed by atoms with Gasteiger partial charge in [0.05, 0.1) is 12.7 Å². The van der Waals surface area contributed by atoms with Crippen LogP contribution in [0.3, 0.4) is 0 Å². The fraction of sp³-hybridized carbons (Fsp3) is 0.667. The summed E-state index contributed by atoms with van der Waals surface area (Å²) >= 11 is 0. The maximum absolute atomic E-state index is 12.0. The van der Waals surface area contributed by atoms with Crippen molar-refractivity contribution >= 4 is 11.9 Å². The predicted molar refractivity (Wildman–Crippen MR) is 127 cm³/mol. The number of hydrogen-bond acceptors (Lipinski definition) is 5. The Labute approximate surface area is 192 Å².